The molecule has 2 aromatic carbocycles. The van der Waals surface area contributed by atoms with Crippen LogP contribution in [0, 0.1) is 32.1 Å². The molecule has 0 saturated heterocycles. The summed E-state index contributed by atoms with van der Waals surface area (Å²) in [4.78, 5) is 18.2. The van der Waals surface area contributed by atoms with Crippen molar-refractivity contribution >= 4 is 23.4 Å². The van der Waals surface area contributed by atoms with Gasteiger partial charge in [0, 0.05) is 44.0 Å². The zero-order chi connectivity index (χ0) is 35.5. The van der Waals surface area contributed by atoms with Gasteiger partial charge in [-0.05, 0) is 63.6 Å². The van der Waals surface area contributed by atoms with Gasteiger partial charge >= 0.3 is 0 Å². The highest BCUT2D eigenvalue weighted by Crippen LogP contribution is 2.20. The molecule has 0 saturated carbocycles. The van der Waals surface area contributed by atoms with E-state index in [1.807, 2.05) is 115 Å². The summed E-state index contributed by atoms with van der Waals surface area (Å²) in [6.45, 7) is 5.91. The van der Waals surface area contributed by atoms with Gasteiger partial charge in [0.05, 0.1) is 39.9 Å². The summed E-state index contributed by atoms with van der Waals surface area (Å²) in [5, 5.41) is 18.3. The third kappa shape index (κ3) is 6.93. The number of imidazole rings is 4. The van der Waals surface area contributed by atoms with E-state index >= 15 is 0 Å². The van der Waals surface area contributed by atoms with Crippen LogP contribution in [-0.4, -0.2) is 48.3 Å². The maximum Gasteiger partial charge on any atom is 0.164 e. The van der Waals surface area contributed by atoms with Crippen LogP contribution in [0.3, 0.4) is 0 Å². The largest absolute Gasteiger partial charge is 0.337 e. The molecule has 0 bridgehead atoms. The van der Waals surface area contributed by atoms with E-state index < -0.39 is 0 Å². The molecule has 11 nitrogen and oxygen atoms in total. The first-order chi connectivity index (χ1) is 24.8. The monoisotopic (exact) mass is 671 g/mol. The van der Waals surface area contributed by atoms with Crippen molar-refractivity contribution < 1.29 is 0 Å². The number of hydrogen-bond donors (Lipinski definition) is 0. The fourth-order valence-corrected chi connectivity index (χ4v) is 5.85. The van der Waals surface area contributed by atoms with Crippen LogP contribution in [0.25, 0.3) is 46.0 Å². The lowest BCUT2D eigenvalue weighted by atomic mass is 10.2. The number of benzene rings is 2. The van der Waals surface area contributed by atoms with E-state index in [-0.39, 0.29) is 0 Å². The van der Waals surface area contributed by atoms with Gasteiger partial charge in [-0.1, -0.05) is 60.7 Å². The van der Waals surface area contributed by atoms with Crippen LogP contribution in [0.2, 0.25) is 0 Å². The van der Waals surface area contributed by atoms with Gasteiger partial charge in [-0.25, -0.2) is 29.0 Å². The fourth-order valence-electron chi connectivity index (χ4n) is 5.85. The van der Waals surface area contributed by atoms with E-state index in [4.69, 9.17) is 15.3 Å². The minimum atomic E-state index is 0.398. The lowest BCUT2D eigenvalue weighted by Crippen LogP contribution is -2.04. The predicted octanol–water partition coefficient (Wildman–Crippen LogP) is 7.01. The Labute approximate surface area is 295 Å². The Bertz CT molecular complexity index is 2540. The first-order valence-corrected chi connectivity index (χ1v) is 16.7. The van der Waals surface area contributed by atoms with Crippen molar-refractivity contribution in [3.05, 3.63) is 143 Å². The molecule has 11 heteroatoms. The minimum absolute atomic E-state index is 0.398. The highest BCUT2D eigenvalue weighted by atomic mass is 15.3. The van der Waals surface area contributed by atoms with Crippen molar-refractivity contribution in [2.45, 2.75) is 33.6 Å². The van der Waals surface area contributed by atoms with E-state index in [0.29, 0.717) is 11.3 Å². The van der Waals surface area contributed by atoms with Gasteiger partial charge in [0.25, 0.3) is 0 Å². The number of aromatic nitrogens is 10. The van der Waals surface area contributed by atoms with E-state index in [0.717, 1.165) is 81.1 Å². The molecule has 51 heavy (non-hydrogen) atoms. The lowest BCUT2D eigenvalue weighted by Gasteiger charge is -2.03. The second kappa shape index (κ2) is 14.1. The number of hydrogen-bond acceptors (Lipinski definition) is 7. The third-order valence-corrected chi connectivity index (χ3v) is 8.85. The molecule has 0 N–H and O–H groups in total. The Kier molecular flexibility index (Phi) is 9.05. The lowest BCUT2D eigenvalue weighted by molar-refractivity contribution is 0.741. The van der Waals surface area contributed by atoms with E-state index in [2.05, 4.69) is 69.1 Å². The van der Waals surface area contributed by atoms with Gasteiger partial charge in [0.1, 0.15) is 17.7 Å². The fraction of sp³-hybridized carbons (Fsp3) is 0.175. The van der Waals surface area contributed by atoms with Gasteiger partial charge in [-0.2, -0.15) is 15.5 Å². The number of aryl methyl sites for hydroxylation is 7. The predicted molar refractivity (Wildman–Crippen MR) is 199 cm³/mol. The summed E-state index contributed by atoms with van der Waals surface area (Å²) in [7, 11) is 4.02. The Morgan fingerprint density at radius 2 is 1.25 bits per heavy atom. The summed E-state index contributed by atoms with van der Waals surface area (Å²) in [6.07, 6.45) is 9.63. The number of fused-ring (bicyclic) bond motifs is 2. The first-order valence-electron chi connectivity index (χ1n) is 16.7. The summed E-state index contributed by atoms with van der Waals surface area (Å²) >= 11 is 0. The first kappa shape index (κ1) is 32.9. The van der Waals surface area contributed by atoms with Crippen molar-refractivity contribution in [3.8, 4) is 28.6 Å². The molecule has 0 radical (unpaired) electrons. The number of nitrogens with zero attached hydrogens (tertiary/aromatic N) is 11. The van der Waals surface area contributed by atoms with Crippen LogP contribution in [0.15, 0.2) is 97.3 Å². The molecule has 6 heterocycles. The topological polar surface area (TPSA) is 120 Å². The van der Waals surface area contributed by atoms with Gasteiger partial charge in [0.15, 0.2) is 17.0 Å². The standard InChI is InChI=1S/C20H16N6.C20H21N5/c1-14-17(12-21)22-20-11-9-16(24-26(14)20)8-10-19-23-18(13-25(19)2)15-6-4-3-5-7-15;1-14-15(2)25-20(21-14)12-10-17(23-25)9-11-19-22-18(13-24(19)3)16-7-5-4-6-8-16/h3-11,13H,1-2H3;4-8,10,12-13H,9,11H2,1-3H3/b10-8+;. The summed E-state index contributed by atoms with van der Waals surface area (Å²) < 4.78 is 7.70. The molecule has 0 atom stereocenters. The second-order valence-corrected chi connectivity index (χ2v) is 12.4. The Morgan fingerprint density at radius 3 is 1.96 bits per heavy atom. The average molecular weight is 672 g/mol. The van der Waals surface area contributed by atoms with Gasteiger partial charge in [-0.3, -0.25) is 0 Å². The van der Waals surface area contributed by atoms with Crippen LogP contribution >= 0.6 is 0 Å². The molecular weight excluding hydrogens is 635 g/mol. The molecule has 0 aliphatic rings. The van der Waals surface area contributed by atoms with Crippen LogP contribution in [0.5, 0.6) is 0 Å². The normalized spacial score (nSPS) is 11.3. The van der Waals surface area contributed by atoms with Crippen molar-refractivity contribution in [2.75, 3.05) is 0 Å². The quantitative estimate of drug-likeness (QED) is 0.179. The smallest absolute Gasteiger partial charge is 0.164 e. The van der Waals surface area contributed by atoms with Gasteiger partial charge in [0.2, 0.25) is 0 Å². The second-order valence-electron chi connectivity index (χ2n) is 12.4. The van der Waals surface area contributed by atoms with E-state index in [1.54, 1.807) is 4.52 Å². The molecule has 0 aliphatic heterocycles. The highest BCUT2D eigenvalue weighted by molar-refractivity contribution is 5.68. The highest BCUT2D eigenvalue weighted by Gasteiger charge is 2.11. The molecular formula is C40H37N11. The zero-order valence-corrected chi connectivity index (χ0v) is 29.2. The zero-order valence-electron chi connectivity index (χ0n) is 29.2. The maximum absolute atomic E-state index is 9.09. The summed E-state index contributed by atoms with van der Waals surface area (Å²) in [6, 6.07) is 30.3. The molecule has 0 unspecified atom stereocenters. The van der Waals surface area contributed by atoms with Crippen molar-refractivity contribution in [2.24, 2.45) is 14.1 Å². The van der Waals surface area contributed by atoms with Crippen LogP contribution in [-0.2, 0) is 26.9 Å². The molecule has 0 amide bonds. The van der Waals surface area contributed by atoms with Crippen LogP contribution < -0.4 is 0 Å². The maximum atomic E-state index is 9.09. The Balaban J connectivity index is 0.000000159. The van der Waals surface area contributed by atoms with Crippen molar-refractivity contribution in [3.63, 3.8) is 0 Å². The van der Waals surface area contributed by atoms with Gasteiger partial charge < -0.3 is 9.13 Å². The van der Waals surface area contributed by atoms with Gasteiger partial charge in [-0.15, -0.1) is 0 Å². The van der Waals surface area contributed by atoms with Crippen LogP contribution in [0.4, 0.5) is 0 Å². The van der Waals surface area contributed by atoms with Crippen molar-refractivity contribution in [1.82, 2.24) is 48.3 Å². The summed E-state index contributed by atoms with van der Waals surface area (Å²) in [5.41, 5.74) is 10.8. The molecule has 6 aromatic heterocycles. The molecule has 0 spiro atoms. The Morgan fingerprint density at radius 1 is 0.627 bits per heavy atom. The molecule has 8 aromatic rings. The molecule has 8 rings (SSSR count). The average Bonchev–Trinajstić information content (AvgIpc) is 3.90. The molecule has 252 valence electrons. The summed E-state index contributed by atoms with van der Waals surface area (Å²) in [5.74, 6) is 1.91. The molecule has 0 aliphatic carbocycles. The van der Waals surface area contributed by atoms with Crippen molar-refractivity contribution in [1.29, 1.82) is 5.26 Å². The minimum Gasteiger partial charge on any atom is -0.337 e. The number of rotatable bonds is 7. The Hall–Kier alpha value is -6.67. The van der Waals surface area contributed by atoms with E-state index in [1.165, 1.54) is 0 Å². The van der Waals surface area contributed by atoms with Crippen LogP contribution in [0.1, 0.15) is 45.8 Å². The third-order valence-electron chi connectivity index (χ3n) is 8.85. The number of nitriles is 1. The molecule has 0 fully saturated rings. The SMILES string of the molecule is Cc1c(C#N)nc2ccc(/C=C/c3nc(-c4ccccc4)cn3C)nn12.Cc1nc2ccc(CCc3nc(-c4ccccc4)cn3C)nn2c1C. The van der Waals surface area contributed by atoms with E-state index in [9.17, 15) is 0 Å².